The predicted molar refractivity (Wildman–Crippen MR) is 69.5 cm³/mol. The lowest BCUT2D eigenvalue weighted by Crippen LogP contribution is -2.51. The molecule has 0 rings (SSSR count). The molecule has 0 aliphatic carbocycles. The lowest BCUT2D eigenvalue weighted by atomic mass is 9.89. The number of hydrogen-bond donors (Lipinski definition) is 4. The van der Waals surface area contributed by atoms with E-state index in [1.807, 2.05) is 0 Å². The SMILES string of the molecule is CCCCCCC(CC)(NCP(=O)(O)O)C(=O)O. The molecule has 1 atom stereocenters. The highest BCUT2D eigenvalue weighted by atomic mass is 31.2. The van der Waals surface area contributed by atoms with Crippen LogP contribution in [0.25, 0.3) is 0 Å². The third kappa shape index (κ3) is 6.50. The molecule has 6 nitrogen and oxygen atoms in total. The van der Waals surface area contributed by atoms with Crippen molar-refractivity contribution in [3.05, 3.63) is 0 Å². The van der Waals surface area contributed by atoms with E-state index in [0.717, 1.165) is 25.7 Å². The predicted octanol–water partition coefficient (Wildman–Crippen LogP) is 1.92. The first-order chi connectivity index (χ1) is 8.27. The summed E-state index contributed by atoms with van der Waals surface area (Å²) in [4.78, 5) is 29.0. The normalized spacial score (nSPS) is 15.3. The van der Waals surface area contributed by atoms with Gasteiger partial charge in [-0.3, -0.25) is 14.7 Å². The monoisotopic (exact) mass is 281 g/mol. The van der Waals surface area contributed by atoms with Gasteiger partial charge >= 0.3 is 13.6 Å². The van der Waals surface area contributed by atoms with Crippen molar-refractivity contribution in [2.75, 3.05) is 6.29 Å². The summed E-state index contributed by atoms with van der Waals surface area (Å²) in [5.41, 5.74) is -1.23. The molecule has 0 aromatic heterocycles. The van der Waals surface area contributed by atoms with Crippen LogP contribution in [0.5, 0.6) is 0 Å². The van der Waals surface area contributed by atoms with E-state index in [4.69, 9.17) is 9.79 Å². The molecule has 108 valence electrons. The van der Waals surface area contributed by atoms with E-state index in [2.05, 4.69) is 12.2 Å². The zero-order valence-corrected chi connectivity index (χ0v) is 11.9. The molecular formula is C11H24NO5P. The third-order valence-electron chi connectivity index (χ3n) is 3.09. The third-order valence-corrected chi connectivity index (χ3v) is 3.66. The van der Waals surface area contributed by atoms with Gasteiger partial charge in [0.25, 0.3) is 0 Å². The summed E-state index contributed by atoms with van der Waals surface area (Å²) < 4.78 is 10.8. The molecule has 4 N–H and O–H groups in total. The molecule has 0 saturated carbocycles. The van der Waals surface area contributed by atoms with E-state index in [-0.39, 0.29) is 0 Å². The van der Waals surface area contributed by atoms with Gasteiger partial charge in [0.15, 0.2) is 0 Å². The van der Waals surface area contributed by atoms with Crippen molar-refractivity contribution in [1.29, 1.82) is 0 Å². The lowest BCUT2D eigenvalue weighted by Gasteiger charge is -2.29. The summed E-state index contributed by atoms with van der Waals surface area (Å²) in [6, 6.07) is 0. The maximum absolute atomic E-state index is 11.3. The fraction of sp³-hybridized carbons (Fsp3) is 0.909. The van der Waals surface area contributed by atoms with Gasteiger partial charge in [-0.15, -0.1) is 0 Å². The van der Waals surface area contributed by atoms with Gasteiger partial charge in [0.05, 0.1) is 6.29 Å². The van der Waals surface area contributed by atoms with Crippen molar-refractivity contribution in [2.45, 2.75) is 57.9 Å². The molecule has 0 bridgehead atoms. The minimum Gasteiger partial charge on any atom is -0.480 e. The lowest BCUT2D eigenvalue weighted by molar-refractivity contribution is -0.145. The van der Waals surface area contributed by atoms with Gasteiger partial charge in [-0.25, -0.2) is 0 Å². The summed E-state index contributed by atoms with van der Waals surface area (Å²) >= 11 is 0. The maximum atomic E-state index is 11.3. The van der Waals surface area contributed by atoms with Gasteiger partial charge < -0.3 is 14.9 Å². The van der Waals surface area contributed by atoms with E-state index in [1.54, 1.807) is 6.92 Å². The van der Waals surface area contributed by atoms with E-state index in [9.17, 15) is 14.5 Å². The van der Waals surface area contributed by atoms with Crippen LogP contribution in [-0.2, 0) is 9.36 Å². The van der Waals surface area contributed by atoms with Gasteiger partial charge in [0, 0.05) is 0 Å². The highest BCUT2D eigenvalue weighted by Gasteiger charge is 2.37. The molecule has 0 amide bonds. The topological polar surface area (TPSA) is 107 Å². The number of carboxylic acid groups (broad SMARTS) is 1. The summed E-state index contributed by atoms with van der Waals surface area (Å²) in [6.45, 7) is 3.77. The van der Waals surface area contributed by atoms with Crippen molar-refractivity contribution < 1.29 is 24.3 Å². The quantitative estimate of drug-likeness (QED) is 0.360. The fourth-order valence-electron chi connectivity index (χ4n) is 1.83. The second-order valence-electron chi connectivity index (χ2n) is 4.55. The van der Waals surface area contributed by atoms with Crippen LogP contribution in [-0.4, -0.2) is 32.7 Å². The van der Waals surface area contributed by atoms with Crippen LogP contribution in [0, 0.1) is 0 Å². The van der Waals surface area contributed by atoms with E-state index < -0.39 is 25.4 Å². The number of rotatable bonds is 10. The molecule has 1 unspecified atom stereocenters. The first-order valence-corrected chi connectivity index (χ1v) is 8.10. The Morgan fingerprint density at radius 2 is 1.83 bits per heavy atom. The van der Waals surface area contributed by atoms with Crippen molar-refractivity contribution in [3.8, 4) is 0 Å². The van der Waals surface area contributed by atoms with Crippen molar-refractivity contribution in [1.82, 2.24) is 5.32 Å². The Kier molecular flexibility index (Phi) is 7.71. The second-order valence-corrected chi connectivity index (χ2v) is 6.20. The molecular weight excluding hydrogens is 257 g/mol. The summed E-state index contributed by atoms with van der Waals surface area (Å²) in [6.07, 6.45) is 3.86. The van der Waals surface area contributed by atoms with E-state index in [1.165, 1.54) is 0 Å². The average molecular weight is 281 g/mol. The van der Waals surface area contributed by atoms with Crippen LogP contribution in [0.1, 0.15) is 52.4 Å². The molecule has 0 radical (unpaired) electrons. The Bertz CT molecular complexity index is 304. The van der Waals surface area contributed by atoms with Gasteiger partial charge in [0.2, 0.25) is 0 Å². The van der Waals surface area contributed by atoms with Crippen LogP contribution >= 0.6 is 7.60 Å². The van der Waals surface area contributed by atoms with Crippen molar-refractivity contribution >= 4 is 13.6 Å². The standard InChI is InChI=1S/C11H24NO5P/c1-3-5-6-7-8-11(4-2,10(13)14)12-9-18(15,16)17/h12H,3-9H2,1-2H3,(H,13,14)(H2,15,16,17). The largest absolute Gasteiger partial charge is 0.480 e. The molecule has 0 heterocycles. The van der Waals surface area contributed by atoms with Crippen LogP contribution in [0.4, 0.5) is 0 Å². The molecule has 0 aliphatic rings. The van der Waals surface area contributed by atoms with Crippen molar-refractivity contribution in [3.63, 3.8) is 0 Å². The van der Waals surface area contributed by atoms with Crippen LogP contribution in [0.3, 0.4) is 0 Å². The van der Waals surface area contributed by atoms with E-state index >= 15 is 0 Å². The number of nitrogens with one attached hydrogen (secondary N) is 1. The zero-order valence-electron chi connectivity index (χ0n) is 11.1. The number of hydrogen-bond acceptors (Lipinski definition) is 3. The van der Waals surface area contributed by atoms with Crippen LogP contribution < -0.4 is 5.32 Å². The number of carbonyl (C=O) groups is 1. The highest BCUT2D eigenvalue weighted by molar-refractivity contribution is 7.51. The van der Waals surface area contributed by atoms with E-state index in [0.29, 0.717) is 12.8 Å². The Hall–Kier alpha value is -0.420. The van der Waals surface area contributed by atoms with Gasteiger partial charge in [-0.1, -0.05) is 39.5 Å². The van der Waals surface area contributed by atoms with Crippen LogP contribution in [0.2, 0.25) is 0 Å². The minimum atomic E-state index is -4.23. The average Bonchev–Trinajstić information content (AvgIpc) is 2.27. The molecule has 7 heteroatoms. The second kappa shape index (κ2) is 7.89. The molecule has 0 aromatic carbocycles. The molecule has 0 fully saturated rings. The number of carboxylic acids is 1. The Labute approximate surface area is 108 Å². The fourth-order valence-corrected chi connectivity index (χ4v) is 2.34. The zero-order chi connectivity index (χ0) is 14.2. The van der Waals surface area contributed by atoms with Gasteiger partial charge in [-0.2, -0.15) is 0 Å². The molecule has 0 spiro atoms. The molecule has 0 aromatic rings. The molecule has 0 saturated heterocycles. The first-order valence-electron chi connectivity index (χ1n) is 6.30. The van der Waals surface area contributed by atoms with Gasteiger partial charge in [0.1, 0.15) is 5.54 Å². The van der Waals surface area contributed by atoms with Crippen LogP contribution in [0.15, 0.2) is 0 Å². The summed E-state index contributed by atoms with van der Waals surface area (Å²) in [5, 5.41) is 11.8. The minimum absolute atomic E-state index is 0.300. The van der Waals surface area contributed by atoms with Crippen molar-refractivity contribution in [2.24, 2.45) is 0 Å². The molecule has 0 aliphatic heterocycles. The highest BCUT2D eigenvalue weighted by Crippen LogP contribution is 2.34. The van der Waals surface area contributed by atoms with Gasteiger partial charge in [-0.05, 0) is 12.8 Å². The smallest absolute Gasteiger partial charge is 0.339 e. The maximum Gasteiger partial charge on any atom is 0.339 e. The molecule has 18 heavy (non-hydrogen) atoms. The number of unbranched alkanes of at least 4 members (excludes halogenated alkanes) is 3. The first kappa shape index (κ1) is 17.6. The Morgan fingerprint density at radius 3 is 2.22 bits per heavy atom. The Morgan fingerprint density at radius 1 is 1.22 bits per heavy atom. The Balaban J connectivity index is 4.52. The summed E-state index contributed by atoms with van der Waals surface area (Å²) in [5.74, 6) is -1.05. The summed E-state index contributed by atoms with van der Waals surface area (Å²) in [7, 11) is -4.23. The number of aliphatic carboxylic acids is 1.